The van der Waals surface area contributed by atoms with Crippen molar-refractivity contribution in [2.24, 2.45) is 0 Å². The summed E-state index contributed by atoms with van der Waals surface area (Å²) in [5.41, 5.74) is 0.0562. The van der Waals surface area contributed by atoms with E-state index < -0.39 is 29.6 Å². The fraction of sp³-hybridized carbons (Fsp3) is 0.423. The quantitative estimate of drug-likeness (QED) is 0.567. The van der Waals surface area contributed by atoms with Crippen LogP contribution in [0.3, 0.4) is 0 Å². The van der Waals surface area contributed by atoms with Crippen molar-refractivity contribution in [3.8, 4) is 5.75 Å². The minimum Gasteiger partial charge on any atom is -0.495 e. The Hall–Kier alpha value is -3.80. The molecule has 2 N–H and O–H groups in total. The molecule has 2 aliphatic rings. The van der Waals surface area contributed by atoms with Crippen molar-refractivity contribution in [3.05, 3.63) is 54.1 Å². The van der Waals surface area contributed by atoms with Crippen LogP contribution >= 0.6 is 0 Å². The number of nitrogens with zero attached hydrogens (tertiary/aromatic N) is 3. The second-order valence-corrected chi connectivity index (χ2v) is 9.16. The highest BCUT2D eigenvalue weighted by atomic mass is 19.4. The summed E-state index contributed by atoms with van der Waals surface area (Å²) < 4.78 is 44.4. The lowest BCUT2D eigenvalue weighted by atomic mass is 10.1. The monoisotopic (exact) mass is 533 g/mol. The maximum Gasteiger partial charge on any atom is 0.416 e. The van der Waals surface area contributed by atoms with Crippen LogP contribution in [-0.2, 0) is 20.6 Å². The number of rotatable bonds is 7. The van der Waals surface area contributed by atoms with Gasteiger partial charge in [0, 0.05) is 45.0 Å². The molecule has 3 amide bonds. The van der Waals surface area contributed by atoms with Crippen molar-refractivity contribution >= 4 is 29.1 Å². The Labute approximate surface area is 218 Å². The molecule has 2 aromatic carbocycles. The number of hydrogen-bond donors (Lipinski definition) is 2. The first-order chi connectivity index (χ1) is 18.2. The number of nitrogens with one attached hydrogen (secondary N) is 2. The van der Waals surface area contributed by atoms with Gasteiger partial charge < -0.3 is 25.2 Å². The summed E-state index contributed by atoms with van der Waals surface area (Å²) in [6.45, 7) is 3.24. The van der Waals surface area contributed by atoms with E-state index in [1.54, 1.807) is 7.11 Å². The van der Waals surface area contributed by atoms with Crippen LogP contribution in [0.1, 0.15) is 12.0 Å². The number of ether oxygens (including phenoxy) is 1. The predicted octanol–water partition coefficient (Wildman–Crippen LogP) is 2.19. The lowest BCUT2D eigenvalue weighted by Crippen LogP contribution is -2.60. The average Bonchev–Trinajstić information content (AvgIpc) is 2.90. The summed E-state index contributed by atoms with van der Waals surface area (Å²) in [7, 11) is 1.62. The van der Waals surface area contributed by atoms with Gasteiger partial charge in [-0.15, -0.1) is 0 Å². The van der Waals surface area contributed by atoms with Crippen molar-refractivity contribution in [2.75, 3.05) is 63.1 Å². The second-order valence-electron chi connectivity index (χ2n) is 9.16. The van der Waals surface area contributed by atoms with E-state index in [4.69, 9.17) is 4.74 Å². The van der Waals surface area contributed by atoms with Gasteiger partial charge in [-0.3, -0.25) is 19.3 Å². The zero-order chi connectivity index (χ0) is 27.3. The van der Waals surface area contributed by atoms with Gasteiger partial charge in [0.1, 0.15) is 11.8 Å². The number of anilines is 2. The molecule has 2 fully saturated rings. The number of carbonyl (C=O) groups excluding carboxylic acids is 3. The minimum atomic E-state index is -4.55. The summed E-state index contributed by atoms with van der Waals surface area (Å²) in [6, 6.07) is 10.9. The van der Waals surface area contributed by atoms with Gasteiger partial charge in [-0.2, -0.15) is 13.2 Å². The molecule has 1 unspecified atom stereocenters. The molecule has 4 rings (SSSR count). The van der Waals surface area contributed by atoms with Crippen molar-refractivity contribution < 1.29 is 32.3 Å². The van der Waals surface area contributed by atoms with E-state index in [0.29, 0.717) is 26.2 Å². The van der Waals surface area contributed by atoms with Crippen LogP contribution in [-0.4, -0.2) is 86.5 Å². The molecule has 204 valence electrons. The molecule has 38 heavy (non-hydrogen) atoms. The van der Waals surface area contributed by atoms with Gasteiger partial charge in [-0.25, -0.2) is 0 Å². The van der Waals surface area contributed by atoms with E-state index >= 15 is 0 Å². The van der Waals surface area contributed by atoms with Crippen LogP contribution in [0.2, 0.25) is 0 Å². The highest BCUT2D eigenvalue weighted by Crippen LogP contribution is 2.31. The number of carbonyl (C=O) groups is 3. The van der Waals surface area contributed by atoms with Gasteiger partial charge in [0.25, 0.3) is 0 Å². The number of benzene rings is 2. The van der Waals surface area contributed by atoms with Gasteiger partial charge in [0.15, 0.2) is 0 Å². The van der Waals surface area contributed by atoms with E-state index in [2.05, 4.69) is 15.5 Å². The third kappa shape index (κ3) is 6.55. The number of methoxy groups -OCH3 is 1. The van der Waals surface area contributed by atoms with E-state index in [-0.39, 0.29) is 37.6 Å². The summed E-state index contributed by atoms with van der Waals surface area (Å²) in [5, 5.41) is 5.07. The van der Waals surface area contributed by atoms with Crippen LogP contribution in [0.5, 0.6) is 5.75 Å². The highest BCUT2D eigenvalue weighted by Gasteiger charge is 2.36. The molecule has 0 aromatic heterocycles. The van der Waals surface area contributed by atoms with Crippen LogP contribution in [0, 0.1) is 0 Å². The van der Waals surface area contributed by atoms with Crippen molar-refractivity contribution in [2.45, 2.75) is 18.6 Å². The molecular formula is C26H30F3N5O4. The van der Waals surface area contributed by atoms with Crippen molar-refractivity contribution in [1.82, 2.24) is 15.1 Å². The zero-order valence-electron chi connectivity index (χ0n) is 21.0. The molecule has 2 aromatic rings. The Morgan fingerprint density at radius 3 is 2.50 bits per heavy atom. The first kappa shape index (κ1) is 27.2. The molecule has 0 aliphatic carbocycles. The molecule has 2 saturated heterocycles. The maximum atomic E-state index is 13.2. The Balaban J connectivity index is 1.34. The minimum absolute atomic E-state index is 0.0353. The average molecular weight is 534 g/mol. The smallest absolute Gasteiger partial charge is 0.416 e. The van der Waals surface area contributed by atoms with Crippen LogP contribution in [0.4, 0.5) is 24.5 Å². The van der Waals surface area contributed by atoms with Gasteiger partial charge in [0.05, 0.1) is 31.3 Å². The predicted molar refractivity (Wildman–Crippen MR) is 135 cm³/mol. The lowest BCUT2D eigenvalue weighted by Gasteiger charge is -2.39. The molecule has 12 heteroatoms. The summed E-state index contributed by atoms with van der Waals surface area (Å²) in [5.74, 6) is -0.621. The van der Waals surface area contributed by atoms with Gasteiger partial charge in [-0.05, 0) is 30.3 Å². The van der Waals surface area contributed by atoms with E-state index in [1.807, 2.05) is 29.2 Å². The summed E-state index contributed by atoms with van der Waals surface area (Å²) in [4.78, 5) is 44.0. The Kier molecular flexibility index (Phi) is 8.40. The first-order valence-electron chi connectivity index (χ1n) is 12.3. The zero-order valence-corrected chi connectivity index (χ0v) is 21.0. The van der Waals surface area contributed by atoms with E-state index in [1.165, 1.54) is 17.0 Å². The molecule has 0 bridgehead atoms. The second kappa shape index (κ2) is 11.7. The fourth-order valence-electron chi connectivity index (χ4n) is 4.70. The van der Waals surface area contributed by atoms with Crippen LogP contribution in [0.15, 0.2) is 48.5 Å². The van der Waals surface area contributed by atoms with E-state index in [9.17, 15) is 27.6 Å². The maximum absolute atomic E-state index is 13.2. The Morgan fingerprint density at radius 2 is 1.79 bits per heavy atom. The molecule has 1 atom stereocenters. The molecular weight excluding hydrogens is 503 g/mol. The molecule has 0 saturated carbocycles. The first-order valence-corrected chi connectivity index (χ1v) is 12.3. The number of piperazine rings is 2. The third-order valence-corrected chi connectivity index (χ3v) is 6.66. The highest BCUT2D eigenvalue weighted by molar-refractivity contribution is 5.97. The Morgan fingerprint density at radius 1 is 1.05 bits per heavy atom. The number of para-hydroxylation sites is 2. The largest absolute Gasteiger partial charge is 0.495 e. The van der Waals surface area contributed by atoms with Gasteiger partial charge in [-0.1, -0.05) is 18.2 Å². The molecule has 0 spiro atoms. The number of alkyl halides is 3. The Bertz CT molecular complexity index is 1170. The third-order valence-electron chi connectivity index (χ3n) is 6.66. The topological polar surface area (TPSA) is 94.2 Å². The van der Waals surface area contributed by atoms with Crippen molar-refractivity contribution in [1.29, 1.82) is 0 Å². The molecule has 2 heterocycles. The van der Waals surface area contributed by atoms with E-state index in [0.717, 1.165) is 23.6 Å². The van der Waals surface area contributed by atoms with Crippen LogP contribution in [0.25, 0.3) is 0 Å². The summed E-state index contributed by atoms with van der Waals surface area (Å²) >= 11 is 0. The van der Waals surface area contributed by atoms with Crippen molar-refractivity contribution in [3.63, 3.8) is 0 Å². The number of hydrogen-bond acceptors (Lipinski definition) is 6. The van der Waals surface area contributed by atoms with Gasteiger partial charge in [0.2, 0.25) is 17.7 Å². The van der Waals surface area contributed by atoms with Gasteiger partial charge >= 0.3 is 6.18 Å². The summed E-state index contributed by atoms with van der Waals surface area (Å²) in [6.07, 6.45) is -4.92. The standard InChI is InChI=1S/C26H30F3N5O4/c1-38-22-8-3-2-7-20(22)33-13-11-32(12-14-33)17-24(36)34-10-9-30-25(37)21(34)16-23(35)31-19-6-4-5-18(15-19)26(27,28)29/h2-8,15,21H,9-14,16-17H2,1H3,(H,30,37)(H,31,35). The molecule has 0 radical (unpaired) electrons. The van der Waals surface area contributed by atoms with Crippen LogP contribution < -0.4 is 20.3 Å². The number of amides is 3. The lowest BCUT2D eigenvalue weighted by molar-refractivity contribution is -0.145. The molecule has 2 aliphatic heterocycles. The normalized spacial score (nSPS) is 18.6. The number of halogens is 3. The SMILES string of the molecule is COc1ccccc1N1CCN(CC(=O)N2CCNC(=O)C2CC(=O)Nc2cccc(C(F)(F)F)c2)CC1. The molecule has 9 nitrogen and oxygen atoms in total. The fourth-order valence-corrected chi connectivity index (χ4v) is 4.70.